The highest BCUT2D eigenvalue weighted by Gasteiger charge is 2.01. The van der Waals surface area contributed by atoms with E-state index in [2.05, 4.69) is 47.8 Å². The summed E-state index contributed by atoms with van der Waals surface area (Å²) < 4.78 is 42.3. The lowest BCUT2D eigenvalue weighted by Crippen LogP contribution is -2.07. The van der Waals surface area contributed by atoms with Gasteiger partial charge in [-0.25, -0.2) is 8.78 Å². The van der Waals surface area contributed by atoms with Gasteiger partial charge in [-0.2, -0.15) is 0 Å². The largest absolute Gasteiger partial charge is 0.491 e. The third-order valence-corrected chi connectivity index (χ3v) is 5.71. The summed E-state index contributed by atoms with van der Waals surface area (Å²) in [6.45, 7) is 1.62. The van der Waals surface area contributed by atoms with Crippen LogP contribution in [-0.4, -0.2) is 55.2 Å². The average molecular weight is 704 g/mol. The van der Waals surface area contributed by atoms with Crippen molar-refractivity contribution in [1.29, 1.82) is 0 Å². The number of benzene rings is 2. The highest BCUT2D eigenvalue weighted by Crippen LogP contribution is 2.21. The van der Waals surface area contributed by atoms with Gasteiger partial charge in [0.15, 0.2) is 0 Å². The number of ether oxygens (including phenoxy) is 3. The molecule has 0 spiro atoms. The van der Waals surface area contributed by atoms with E-state index in [1.165, 1.54) is 12.1 Å². The number of alkyl halides is 3. The Labute approximate surface area is 229 Å². The molecule has 0 radical (unpaired) electrons. The van der Waals surface area contributed by atoms with Gasteiger partial charge in [-0.05, 0) is 69.0 Å². The fraction of sp³-hybridized carbons (Fsp3) is 0.455. The molecule has 33 heavy (non-hydrogen) atoms. The van der Waals surface area contributed by atoms with E-state index >= 15 is 0 Å². The van der Waals surface area contributed by atoms with Gasteiger partial charge in [-0.1, -0.05) is 15.9 Å². The van der Waals surface area contributed by atoms with E-state index in [4.69, 9.17) is 42.5 Å². The van der Waals surface area contributed by atoms with Crippen molar-refractivity contribution in [2.75, 3.05) is 50.1 Å². The smallest absolute Gasteiger partial charge is 0.141 e. The standard InChI is InChI=1S/C11H13BrClFO2.C8H8BrFO2.C3H6BrCl/c12-10-3-2-9(8-11(10)14)16-7-6-15-5-1-4-13;9-7-2-1-6(5-8(7)10)12-4-3-11;4-2-1-3-5/h2-3,8H,1,4-7H2;1-2,5,11H,3-4H2;1-3H2. The molecule has 2 rings (SSSR count). The van der Waals surface area contributed by atoms with Crippen LogP contribution in [-0.2, 0) is 4.74 Å². The van der Waals surface area contributed by atoms with Gasteiger partial charge in [0.05, 0.1) is 22.2 Å². The summed E-state index contributed by atoms with van der Waals surface area (Å²) in [5.74, 6) is 1.58. The zero-order valence-electron chi connectivity index (χ0n) is 17.9. The predicted octanol–water partition coefficient (Wildman–Crippen LogP) is 7.58. The van der Waals surface area contributed by atoms with Crippen molar-refractivity contribution in [3.05, 3.63) is 57.0 Å². The molecule has 4 nitrogen and oxygen atoms in total. The van der Waals surface area contributed by atoms with Gasteiger partial charge >= 0.3 is 0 Å². The van der Waals surface area contributed by atoms with E-state index < -0.39 is 0 Å². The maximum absolute atomic E-state index is 13.1. The molecule has 0 amide bonds. The second-order valence-electron chi connectivity index (χ2n) is 5.96. The van der Waals surface area contributed by atoms with E-state index in [9.17, 15) is 8.78 Å². The summed E-state index contributed by atoms with van der Waals surface area (Å²) in [6.07, 6.45) is 1.90. The number of halogens is 7. The van der Waals surface area contributed by atoms with Crippen molar-refractivity contribution >= 4 is 71.0 Å². The van der Waals surface area contributed by atoms with Crippen molar-refractivity contribution < 1.29 is 28.1 Å². The van der Waals surface area contributed by atoms with E-state index in [0.29, 0.717) is 46.1 Å². The molecule has 0 saturated carbocycles. The monoisotopic (exact) mass is 700 g/mol. The zero-order valence-corrected chi connectivity index (χ0v) is 24.1. The number of aliphatic hydroxyl groups excluding tert-OH is 1. The van der Waals surface area contributed by atoms with Gasteiger partial charge in [0.1, 0.15) is 36.3 Å². The summed E-state index contributed by atoms with van der Waals surface area (Å²) >= 11 is 20.1. The molecule has 0 bridgehead atoms. The molecule has 0 fully saturated rings. The van der Waals surface area contributed by atoms with Crippen LogP contribution in [0.1, 0.15) is 12.8 Å². The average Bonchev–Trinajstić information content (AvgIpc) is 2.80. The Morgan fingerprint density at radius 3 is 1.67 bits per heavy atom. The first-order chi connectivity index (χ1) is 15.9. The molecule has 0 aromatic heterocycles. The van der Waals surface area contributed by atoms with Crippen molar-refractivity contribution in [2.45, 2.75) is 12.8 Å². The lowest BCUT2D eigenvalue weighted by atomic mass is 10.3. The Morgan fingerprint density at radius 2 is 1.27 bits per heavy atom. The van der Waals surface area contributed by atoms with Crippen LogP contribution in [0.15, 0.2) is 45.3 Å². The van der Waals surface area contributed by atoms with Crippen LogP contribution in [0.5, 0.6) is 11.5 Å². The first-order valence-corrected chi connectivity index (χ1v) is 13.7. The second-order valence-corrected chi connectivity index (χ2v) is 9.22. The van der Waals surface area contributed by atoms with Gasteiger partial charge in [-0.3, -0.25) is 0 Å². The van der Waals surface area contributed by atoms with Crippen molar-refractivity contribution in [3.8, 4) is 11.5 Å². The summed E-state index contributed by atoms with van der Waals surface area (Å²) in [7, 11) is 0. The lowest BCUT2D eigenvalue weighted by molar-refractivity contribution is 0.101. The van der Waals surface area contributed by atoms with Gasteiger partial charge in [0, 0.05) is 35.8 Å². The summed E-state index contributed by atoms with van der Waals surface area (Å²) in [5, 5.41) is 9.45. The number of hydrogen-bond acceptors (Lipinski definition) is 4. The van der Waals surface area contributed by atoms with Gasteiger partial charge in [0.2, 0.25) is 0 Å². The SMILES string of the molecule is ClCCCBr.Fc1cc(OCCOCCCCl)ccc1Br.OCCOc1ccc(Br)c(F)c1. The van der Waals surface area contributed by atoms with Crippen LogP contribution in [0.25, 0.3) is 0 Å². The first-order valence-electron chi connectivity index (χ1n) is 9.91. The maximum atomic E-state index is 13.1. The molecule has 0 aliphatic rings. The van der Waals surface area contributed by atoms with Crippen LogP contribution >= 0.6 is 71.0 Å². The van der Waals surface area contributed by atoms with E-state index in [1.807, 2.05) is 0 Å². The predicted molar refractivity (Wildman–Crippen MR) is 142 cm³/mol. The number of aliphatic hydroxyl groups is 1. The molecule has 2 aromatic carbocycles. The molecular weight excluding hydrogens is 677 g/mol. The van der Waals surface area contributed by atoms with E-state index in [-0.39, 0.29) is 24.8 Å². The minimum absolute atomic E-state index is 0.0717. The van der Waals surface area contributed by atoms with E-state index in [1.54, 1.807) is 24.3 Å². The van der Waals surface area contributed by atoms with Gasteiger partial charge < -0.3 is 19.3 Å². The van der Waals surface area contributed by atoms with Crippen LogP contribution in [0.4, 0.5) is 8.78 Å². The topological polar surface area (TPSA) is 47.9 Å². The highest BCUT2D eigenvalue weighted by molar-refractivity contribution is 9.10. The lowest BCUT2D eigenvalue weighted by Gasteiger charge is -2.07. The third kappa shape index (κ3) is 17.9. The molecule has 0 aliphatic heterocycles. The molecule has 11 heteroatoms. The normalized spacial score (nSPS) is 9.94. The van der Waals surface area contributed by atoms with Crippen LogP contribution in [0.2, 0.25) is 0 Å². The first kappa shape index (κ1) is 32.8. The van der Waals surface area contributed by atoms with Crippen molar-refractivity contribution in [1.82, 2.24) is 0 Å². The van der Waals surface area contributed by atoms with Crippen LogP contribution in [0.3, 0.4) is 0 Å². The minimum atomic E-state index is -0.370. The van der Waals surface area contributed by atoms with Gasteiger partial charge in [0.25, 0.3) is 0 Å². The fourth-order valence-corrected chi connectivity index (χ4v) is 3.16. The molecule has 0 saturated heterocycles. The molecular formula is C22H27Br3Cl2F2O4. The Morgan fingerprint density at radius 1 is 0.758 bits per heavy atom. The fourth-order valence-electron chi connectivity index (χ4n) is 1.82. The minimum Gasteiger partial charge on any atom is -0.491 e. The molecule has 0 aliphatic carbocycles. The quantitative estimate of drug-likeness (QED) is 0.183. The van der Waals surface area contributed by atoms with Crippen molar-refractivity contribution in [3.63, 3.8) is 0 Å². The molecule has 0 atom stereocenters. The van der Waals surface area contributed by atoms with Gasteiger partial charge in [-0.15, -0.1) is 23.2 Å². The maximum Gasteiger partial charge on any atom is 0.141 e. The van der Waals surface area contributed by atoms with E-state index in [0.717, 1.165) is 24.1 Å². The van der Waals surface area contributed by atoms with Crippen LogP contribution in [0, 0.1) is 11.6 Å². The van der Waals surface area contributed by atoms with Crippen molar-refractivity contribution in [2.24, 2.45) is 0 Å². The molecule has 2 aromatic rings. The Hall–Kier alpha value is -0.160. The molecule has 0 unspecified atom stereocenters. The molecule has 188 valence electrons. The number of hydrogen-bond donors (Lipinski definition) is 1. The number of rotatable bonds is 12. The highest BCUT2D eigenvalue weighted by atomic mass is 79.9. The zero-order chi connectivity index (χ0) is 24.9. The second kappa shape index (κ2) is 22.3. The summed E-state index contributed by atoms with van der Waals surface area (Å²) in [6, 6.07) is 9.10. The Balaban J connectivity index is 0.000000530. The summed E-state index contributed by atoms with van der Waals surface area (Å²) in [4.78, 5) is 0. The molecule has 1 N–H and O–H groups in total. The Kier molecular flexibility index (Phi) is 22.2. The Bertz CT molecular complexity index is 760. The molecule has 0 heterocycles. The van der Waals surface area contributed by atoms with Crippen LogP contribution < -0.4 is 9.47 Å². The summed E-state index contributed by atoms with van der Waals surface area (Å²) in [5.41, 5.74) is 0. The third-order valence-electron chi connectivity index (χ3n) is 3.33.